The lowest BCUT2D eigenvalue weighted by Crippen LogP contribution is -2.13. The first kappa shape index (κ1) is 15.8. The lowest BCUT2D eigenvalue weighted by molar-refractivity contribution is 0.402. The molecule has 0 atom stereocenters. The third-order valence-electron chi connectivity index (χ3n) is 2.71. The van der Waals surface area contributed by atoms with Crippen LogP contribution < -0.4 is 4.72 Å². The van der Waals surface area contributed by atoms with Crippen molar-refractivity contribution in [3.05, 3.63) is 53.3 Å². The molecule has 5 nitrogen and oxygen atoms in total. The Morgan fingerprint density at radius 3 is 2.43 bits per heavy atom. The number of nitrogens with one attached hydrogen (secondary N) is 1. The Kier molecular flexibility index (Phi) is 4.82. The van der Waals surface area contributed by atoms with E-state index in [4.69, 9.17) is 11.6 Å². The summed E-state index contributed by atoms with van der Waals surface area (Å²) in [6.45, 7) is 0.799. The predicted molar refractivity (Wildman–Crippen MR) is 83.9 cm³/mol. The van der Waals surface area contributed by atoms with Gasteiger partial charge in [-0.25, -0.2) is 13.4 Å². The minimum Gasteiger partial charge on any atom is -0.305 e. The van der Waals surface area contributed by atoms with Gasteiger partial charge in [0.25, 0.3) is 10.0 Å². The van der Waals surface area contributed by atoms with E-state index in [-0.39, 0.29) is 10.0 Å². The maximum atomic E-state index is 12.2. The highest BCUT2D eigenvalue weighted by Gasteiger charge is 2.14. The molecule has 0 aliphatic heterocycles. The Morgan fingerprint density at radius 1 is 1.19 bits per heavy atom. The summed E-state index contributed by atoms with van der Waals surface area (Å²) in [7, 11) is 0.295. The number of sulfonamides is 1. The number of hydrogen-bond donors (Lipinski definition) is 1. The first-order valence-electron chi connectivity index (χ1n) is 6.25. The van der Waals surface area contributed by atoms with Crippen molar-refractivity contribution in [3.8, 4) is 0 Å². The maximum Gasteiger partial charge on any atom is 0.262 e. The molecule has 1 aromatic carbocycles. The normalized spacial score (nSPS) is 11.6. The molecule has 0 aliphatic rings. The zero-order valence-corrected chi connectivity index (χ0v) is 13.3. The van der Waals surface area contributed by atoms with Crippen LogP contribution in [0.1, 0.15) is 5.56 Å². The molecule has 112 valence electrons. The monoisotopic (exact) mass is 325 g/mol. The summed E-state index contributed by atoms with van der Waals surface area (Å²) < 4.78 is 26.9. The maximum absolute atomic E-state index is 12.2. The van der Waals surface area contributed by atoms with Gasteiger partial charge in [-0.05, 0) is 43.9 Å². The number of halogens is 1. The van der Waals surface area contributed by atoms with Crippen molar-refractivity contribution < 1.29 is 8.42 Å². The number of hydrogen-bond acceptors (Lipinski definition) is 4. The van der Waals surface area contributed by atoms with Crippen molar-refractivity contribution in [3.63, 3.8) is 0 Å². The molecule has 0 saturated heterocycles. The second-order valence-electron chi connectivity index (χ2n) is 4.85. The van der Waals surface area contributed by atoms with E-state index in [0.29, 0.717) is 5.69 Å². The number of anilines is 1. The molecule has 2 rings (SSSR count). The molecule has 0 unspecified atom stereocenters. The van der Waals surface area contributed by atoms with E-state index in [2.05, 4.69) is 9.71 Å². The molecule has 0 amide bonds. The number of rotatable bonds is 5. The number of aromatic nitrogens is 1. The number of pyridine rings is 1. The second kappa shape index (κ2) is 6.43. The summed E-state index contributed by atoms with van der Waals surface area (Å²) in [6.07, 6.45) is 1.36. The quantitative estimate of drug-likeness (QED) is 0.858. The largest absolute Gasteiger partial charge is 0.305 e. The highest BCUT2D eigenvalue weighted by atomic mass is 35.5. The average molecular weight is 326 g/mol. The van der Waals surface area contributed by atoms with Gasteiger partial charge in [0.1, 0.15) is 5.15 Å². The fourth-order valence-corrected chi connectivity index (χ4v) is 3.12. The molecule has 21 heavy (non-hydrogen) atoms. The van der Waals surface area contributed by atoms with Crippen LogP contribution in [0.5, 0.6) is 0 Å². The van der Waals surface area contributed by atoms with Crippen LogP contribution in [-0.2, 0) is 16.6 Å². The van der Waals surface area contributed by atoms with E-state index in [1.165, 1.54) is 18.3 Å². The zero-order chi connectivity index (χ0) is 15.5. The van der Waals surface area contributed by atoms with Gasteiger partial charge in [-0.3, -0.25) is 4.72 Å². The molecular weight excluding hydrogens is 310 g/mol. The van der Waals surface area contributed by atoms with Crippen molar-refractivity contribution in [1.82, 2.24) is 9.88 Å². The molecule has 0 aliphatic carbocycles. The molecule has 1 aromatic heterocycles. The van der Waals surface area contributed by atoms with Crippen LogP contribution in [-0.4, -0.2) is 32.4 Å². The summed E-state index contributed by atoms with van der Waals surface area (Å²) in [5, 5.41) is 0.138. The fourth-order valence-electron chi connectivity index (χ4n) is 1.81. The van der Waals surface area contributed by atoms with Gasteiger partial charge in [-0.15, -0.1) is 0 Å². The van der Waals surface area contributed by atoms with Crippen LogP contribution in [0, 0.1) is 0 Å². The Labute approximate surface area is 129 Å². The highest BCUT2D eigenvalue weighted by Crippen LogP contribution is 2.18. The van der Waals surface area contributed by atoms with Crippen molar-refractivity contribution in [1.29, 1.82) is 0 Å². The Morgan fingerprint density at radius 2 is 1.86 bits per heavy atom. The molecule has 0 radical (unpaired) electrons. The van der Waals surface area contributed by atoms with Gasteiger partial charge in [0, 0.05) is 18.4 Å². The lowest BCUT2D eigenvalue weighted by atomic mass is 10.2. The van der Waals surface area contributed by atoms with Crippen LogP contribution in [0.3, 0.4) is 0 Å². The smallest absolute Gasteiger partial charge is 0.262 e. The first-order valence-corrected chi connectivity index (χ1v) is 8.11. The minimum absolute atomic E-state index is 0.0832. The van der Waals surface area contributed by atoms with Crippen molar-refractivity contribution >= 4 is 27.3 Å². The summed E-state index contributed by atoms with van der Waals surface area (Å²) in [6, 6.07) is 9.95. The molecule has 0 spiro atoms. The molecule has 1 heterocycles. The minimum atomic E-state index is -3.66. The molecule has 7 heteroatoms. The highest BCUT2D eigenvalue weighted by molar-refractivity contribution is 7.92. The van der Waals surface area contributed by atoms with E-state index in [1.807, 2.05) is 31.1 Å². The van der Waals surface area contributed by atoms with E-state index >= 15 is 0 Å². The van der Waals surface area contributed by atoms with Gasteiger partial charge >= 0.3 is 0 Å². The number of benzene rings is 1. The predicted octanol–water partition coefficient (Wildman–Crippen LogP) is 2.60. The molecule has 1 N–H and O–H groups in total. The van der Waals surface area contributed by atoms with Crippen LogP contribution in [0.25, 0.3) is 0 Å². The van der Waals surface area contributed by atoms with Gasteiger partial charge < -0.3 is 4.90 Å². The second-order valence-corrected chi connectivity index (χ2v) is 6.92. The summed E-state index contributed by atoms with van der Waals surface area (Å²) in [4.78, 5) is 5.89. The third kappa shape index (κ3) is 4.42. The van der Waals surface area contributed by atoms with Gasteiger partial charge in [-0.2, -0.15) is 0 Å². The Hall–Kier alpha value is -1.63. The van der Waals surface area contributed by atoms with Crippen LogP contribution in [0.15, 0.2) is 47.5 Å². The van der Waals surface area contributed by atoms with Crippen molar-refractivity contribution in [2.24, 2.45) is 0 Å². The van der Waals surface area contributed by atoms with Gasteiger partial charge in [-0.1, -0.05) is 23.7 Å². The average Bonchev–Trinajstić information content (AvgIpc) is 2.40. The first-order chi connectivity index (χ1) is 9.87. The molecule has 0 bridgehead atoms. The Bertz CT molecular complexity index is 715. The van der Waals surface area contributed by atoms with Crippen LogP contribution in [0.4, 0.5) is 5.69 Å². The summed E-state index contributed by atoms with van der Waals surface area (Å²) >= 11 is 5.72. The van der Waals surface area contributed by atoms with Gasteiger partial charge in [0.05, 0.1) is 4.90 Å². The van der Waals surface area contributed by atoms with E-state index in [1.54, 1.807) is 12.1 Å². The SMILES string of the molecule is CN(C)Cc1ccc(NS(=O)(=O)c2ccnc(Cl)c2)cc1. The van der Waals surface area contributed by atoms with Crippen LogP contribution >= 0.6 is 11.6 Å². The van der Waals surface area contributed by atoms with Gasteiger partial charge in [0.2, 0.25) is 0 Å². The van der Waals surface area contributed by atoms with Gasteiger partial charge in [0.15, 0.2) is 0 Å². The molecular formula is C14H16ClN3O2S. The fraction of sp³-hybridized carbons (Fsp3) is 0.214. The zero-order valence-electron chi connectivity index (χ0n) is 11.7. The van der Waals surface area contributed by atoms with Crippen LogP contribution in [0.2, 0.25) is 5.15 Å². The van der Waals surface area contributed by atoms with Crippen molar-refractivity contribution in [2.75, 3.05) is 18.8 Å². The topological polar surface area (TPSA) is 62.3 Å². The Balaban J connectivity index is 2.17. The standard InChI is InChI=1S/C14H16ClN3O2S/c1-18(2)10-11-3-5-12(6-4-11)17-21(19,20)13-7-8-16-14(15)9-13/h3-9,17H,10H2,1-2H3. The molecule has 2 aromatic rings. The summed E-state index contributed by atoms with van der Waals surface area (Å²) in [5.74, 6) is 0. The number of nitrogens with zero attached hydrogens (tertiary/aromatic N) is 2. The third-order valence-corrected chi connectivity index (χ3v) is 4.30. The lowest BCUT2D eigenvalue weighted by Gasteiger charge is -2.11. The van der Waals surface area contributed by atoms with E-state index in [9.17, 15) is 8.42 Å². The van der Waals surface area contributed by atoms with Crippen molar-refractivity contribution in [2.45, 2.75) is 11.4 Å². The van der Waals surface area contributed by atoms with E-state index in [0.717, 1.165) is 12.1 Å². The summed E-state index contributed by atoms with van der Waals surface area (Å²) in [5.41, 5.74) is 1.61. The van der Waals surface area contributed by atoms with E-state index < -0.39 is 10.0 Å². The molecule has 0 saturated carbocycles. The molecule has 0 fully saturated rings.